The minimum Gasteiger partial charge on any atom is -0.490 e. The molecule has 1 amide bonds. The zero-order valence-corrected chi connectivity index (χ0v) is 11.4. The molecule has 0 aromatic heterocycles. The van der Waals surface area contributed by atoms with Crippen molar-refractivity contribution < 1.29 is 13.9 Å². The molecule has 2 rings (SSSR count). The molecule has 0 aliphatic heterocycles. The Morgan fingerprint density at radius 1 is 1.15 bits per heavy atom. The first-order chi connectivity index (χ1) is 9.66. The van der Waals surface area contributed by atoms with Crippen LogP contribution in [0.2, 0.25) is 5.02 Å². The molecule has 0 aliphatic carbocycles. The summed E-state index contributed by atoms with van der Waals surface area (Å²) in [5, 5.41) is 3.20. The van der Waals surface area contributed by atoms with Crippen LogP contribution in [0, 0.1) is 5.82 Å². The van der Waals surface area contributed by atoms with E-state index in [-0.39, 0.29) is 11.7 Å². The van der Waals surface area contributed by atoms with Gasteiger partial charge in [-0.1, -0.05) is 23.7 Å². The van der Waals surface area contributed by atoms with Crippen LogP contribution in [0.3, 0.4) is 0 Å². The van der Waals surface area contributed by atoms with Crippen LogP contribution in [0.25, 0.3) is 0 Å². The average Bonchev–Trinajstić information content (AvgIpc) is 2.46. The molecule has 3 nitrogen and oxygen atoms in total. The third kappa shape index (κ3) is 3.96. The first-order valence-electron chi connectivity index (χ1n) is 6.08. The second kappa shape index (κ2) is 6.91. The molecule has 0 saturated carbocycles. The molecular weight excluding hydrogens is 281 g/mol. The van der Waals surface area contributed by atoms with E-state index in [4.69, 9.17) is 16.3 Å². The van der Waals surface area contributed by atoms with Gasteiger partial charge in [0.25, 0.3) is 5.91 Å². The number of rotatable bonds is 5. The molecule has 2 aromatic carbocycles. The second-order valence-electron chi connectivity index (χ2n) is 4.04. The van der Waals surface area contributed by atoms with Gasteiger partial charge in [-0.25, -0.2) is 4.39 Å². The standard InChI is InChI=1S/C15H13ClFNO2/c16-13-3-1-2-4-14(13)20-10-9-18-15(19)11-5-7-12(17)8-6-11/h1-8H,9-10H2,(H,18,19). The molecular formula is C15H13ClFNO2. The number of carbonyl (C=O) groups is 1. The van der Waals surface area contributed by atoms with E-state index in [1.807, 2.05) is 12.1 Å². The van der Waals surface area contributed by atoms with E-state index in [9.17, 15) is 9.18 Å². The SMILES string of the molecule is O=C(NCCOc1ccccc1Cl)c1ccc(F)cc1. The van der Waals surface area contributed by atoms with Crippen molar-refractivity contribution >= 4 is 17.5 Å². The van der Waals surface area contributed by atoms with Crippen LogP contribution in [-0.4, -0.2) is 19.1 Å². The summed E-state index contributed by atoms with van der Waals surface area (Å²) in [6.45, 7) is 0.637. The van der Waals surface area contributed by atoms with Gasteiger partial charge in [0.05, 0.1) is 11.6 Å². The molecule has 0 fully saturated rings. The molecule has 0 atom stereocenters. The summed E-state index contributed by atoms with van der Waals surface area (Å²) in [6.07, 6.45) is 0. The molecule has 20 heavy (non-hydrogen) atoms. The number of halogens is 2. The number of nitrogens with one attached hydrogen (secondary N) is 1. The Bertz CT molecular complexity index is 587. The number of amides is 1. The van der Waals surface area contributed by atoms with Gasteiger partial charge in [-0.3, -0.25) is 4.79 Å². The highest BCUT2D eigenvalue weighted by Crippen LogP contribution is 2.22. The summed E-state index contributed by atoms with van der Waals surface area (Å²) in [5.74, 6) is -0.0680. The van der Waals surface area contributed by atoms with Gasteiger partial charge in [-0.2, -0.15) is 0 Å². The Labute approximate surface area is 121 Å². The Morgan fingerprint density at radius 2 is 1.85 bits per heavy atom. The van der Waals surface area contributed by atoms with Crippen molar-refractivity contribution in [2.24, 2.45) is 0 Å². The van der Waals surface area contributed by atoms with Gasteiger partial charge in [0.2, 0.25) is 0 Å². The molecule has 0 aliphatic rings. The summed E-state index contributed by atoms with van der Waals surface area (Å²) in [5.41, 5.74) is 0.407. The third-order valence-corrected chi connectivity index (χ3v) is 2.90. The lowest BCUT2D eigenvalue weighted by molar-refractivity contribution is 0.0947. The quantitative estimate of drug-likeness (QED) is 0.859. The van der Waals surface area contributed by atoms with Crippen LogP contribution in [0.15, 0.2) is 48.5 Å². The predicted octanol–water partition coefficient (Wildman–Crippen LogP) is 3.29. The lowest BCUT2D eigenvalue weighted by Gasteiger charge is -2.08. The lowest BCUT2D eigenvalue weighted by Crippen LogP contribution is -2.28. The maximum Gasteiger partial charge on any atom is 0.251 e. The van der Waals surface area contributed by atoms with E-state index >= 15 is 0 Å². The minimum atomic E-state index is -0.372. The van der Waals surface area contributed by atoms with Crippen molar-refractivity contribution in [3.05, 3.63) is 64.9 Å². The van der Waals surface area contributed by atoms with Crippen molar-refractivity contribution in [2.75, 3.05) is 13.2 Å². The summed E-state index contributed by atoms with van der Waals surface area (Å²) in [7, 11) is 0. The van der Waals surface area contributed by atoms with Crippen LogP contribution >= 0.6 is 11.6 Å². The Kier molecular flexibility index (Phi) is 4.96. The summed E-state index contributed by atoms with van der Waals surface area (Å²) < 4.78 is 18.2. The van der Waals surface area contributed by atoms with Crippen molar-refractivity contribution in [3.8, 4) is 5.75 Å². The van der Waals surface area contributed by atoms with Gasteiger partial charge in [0.1, 0.15) is 18.2 Å². The van der Waals surface area contributed by atoms with E-state index in [0.29, 0.717) is 29.5 Å². The zero-order valence-electron chi connectivity index (χ0n) is 10.6. The number of carbonyl (C=O) groups excluding carboxylic acids is 1. The fourth-order valence-electron chi connectivity index (χ4n) is 1.59. The van der Waals surface area contributed by atoms with Gasteiger partial charge in [-0.05, 0) is 36.4 Å². The van der Waals surface area contributed by atoms with Crippen LogP contribution in [0.5, 0.6) is 5.75 Å². The van der Waals surface area contributed by atoms with E-state index in [1.165, 1.54) is 24.3 Å². The largest absolute Gasteiger partial charge is 0.490 e. The maximum absolute atomic E-state index is 12.7. The number of hydrogen-bond acceptors (Lipinski definition) is 2. The van der Waals surface area contributed by atoms with Crippen LogP contribution < -0.4 is 10.1 Å². The highest BCUT2D eigenvalue weighted by Gasteiger charge is 2.05. The number of hydrogen-bond donors (Lipinski definition) is 1. The lowest BCUT2D eigenvalue weighted by atomic mass is 10.2. The molecule has 0 saturated heterocycles. The van der Waals surface area contributed by atoms with Crippen LogP contribution in [0.1, 0.15) is 10.4 Å². The van der Waals surface area contributed by atoms with Crippen LogP contribution in [-0.2, 0) is 0 Å². The fourth-order valence-corrected chi connectivity index (χ4v) is 1.78. The number of benzene rings is 2. The highest BCUT2D eigenvalue weighted by molar-refractivity contribution is 6.32. The van der Waals surface area contributed by atoms with Crippen molar-refractivity contribution in [3.63, 3.8) is 0 Å². The molecule has 0 bridgehead atoms. The highest BCUT2D eigenvalue weighted by atomic mass is 35.5. The second-order valence-corrected chi connectivity index (χ2v) is 4.45. The van der Waals surface area contributed by atoms with Crippen molar-refractivity contribution in [1.82, 2.24) is 5.32 Å². The molecule has 0 spiro atoms. The van der Waals surface area contributed by atoms with E-state index in [2.05, 4.69) is 5.32 Å². The van der Waals surface area contributed by atoms with Crippen LogP contribution in [0.4, 0.5) is 4.39 Å². The Hall–Kier alpha value is -2.07. The molecule has 2 aromatic rings. The molecule has 0 unspecified atom stereocenters. The summed E-state index contributed by atoms with van der Waals surface area (Å²) >= 11 is 5.93. The molecule has 104 valence electrons. The predicted molar refractivity (Wildman–Crippen MR) is 75.7 cm³/mol. The molecule has 1 N–H and O–H groups in total. The average molecular weight is 294 g/mol. The van der Waals surface area contributed by atoms with Gasteiger partial charge < -0.3 is 10.1 Å². The van der Waals surface area contributed by atoms with E-state index in [0.717, 1.165) is 0 Å². The molecule has 5 heteroatoms. The number of para-hydroxylation sites is 1. The number of ether oxygens (including phenoxy) is 1. The smallest absolute Gasteiger partial charge is 0.251 e. The van der Waals surface area contributed by atoms with Gasteiger partial charge in [-0.15, -0.1) is 0 Å². The van der Waals surface area contributed by atoms with Crippen molar-refractivity contribution in [2.45, 2.75) is 0 Å². The molecule has 0 heterocycles. The maximum atomic E-state index is 12.7. The third-order valence-electron chi connectivity index (χ3n) is 2.59. The summed E-state index contributed by atoms with van der Waals surface area (Å²) in [4.78, 5) is 11.7. The first kappa shape index (κ1) is 14.3. The first-order valence-corrected chi connectivity index (χ1v) is 6.46. The normalized spacial score (nSPS) is 10.1. The zero-order chi connectivity index (χ0) is 14.4. The minimum absolute atomic E-state index is 0.271. The van der Waals surface area contributed by atoms with Gasteiger partial charge in [0.15, 0.2) is 0 Å². The fraction of sp³-hybridized carbons (Fsp3) is 0.133. The topological polar surface area (TPSA) is 38.3 Å². The summed E-state index contributed by atoms with van der Waals surface area (Å²) in [6, 6.07) is 12.5. The van der Waals surface area contributed by atoms with E-state index in [1.54, 1.807) is 12.1 Å². The Balaban J connectivity index is 1.77. The molecule has 0 radical (unpaired) electrons. The van der Waals surface area contributed by atoms with Gasteiger partial charge in [0, 0.05) is 5.56 Å². The van der Waals surface area contributed by atoms with E-state index < -0.39 is 0 Å². The Morgan fingerprint density at radius 3 is 2.55 bits per heavy atom. The monoisotopic (exact) mass is 293 g/mol. The van der Waals surface area contributed by atoms with Gasteiger partial charge >= 0.3 is 0 Å². The van der Waals surface area contributed by atoms with Crippen molar-refractivity contribution in [1.29, 1.82) is 0 Å².